The Morgan fingerprint density at radius 2 is 1.77 bits per heavy atom. The van der Waals surface area contributed by atoms with Crippen LogP contribution in [0.25, 0.3) is 0 Å². The van der Waals surface area contributed by atoms with Crippen molar-refractivity contribution >= 4 is 39.1 Å². The molecule has 2 N–H and O–H groups in total. The number of rotatable bonds is 6. The van der Waals surface area contributed by atoms with Gasteiger partial charge in [-0.1, -0.05) is 23.7 Å². The molecule has 1 heterocycles. The zero-order valence-electron chi connectivity index (χ0n) is 17.5. The number of benzene rings is 2. The van der Waals surface area contributed by atoms with Crippen LogP contribution in [0.1, 0.15) is 37.0 Å². The molecule has 1 fully saturated rings. The van der Waals surface area contributed by atoms with E-state index in [-0.39, 0.29) is 29.3 Å². The largest absolute Gasteiger partial charge is 0.350 e. The van der Waals surface area contributed by atoms with Gasteiger partial charge in [-0.15, -0.1) is 0 Å². The lowest BCUT2D eigenvalue weighted by molar-refractivity contribution is -0.120. The number of para-hydroxylation sites is 1. The molecule has 1 aliphatic heterocycles. The summed E-state index contributed by atoms with van der Waals surface area (Å²) in [6.45, 7) is 4.15. The number of hydrogen-bond donors (Lipinski definition) is 2. The molecule has 1 aliphatic rings. The van der Waals surface area contributed by atoms with Crippen LogP contribution >= 0.6 is 11.6 Å². The number of anilines is 1. The average Bonchev–Trinajstić information content (AvgIpc) is 2.74. The highest BCUT2D eigenvalue weighted by Gasteiger charge is 2.33. The van der Waals surface area contributed by atoms with Gasteiger partial charge in [-0.05, 0) is 63.1 Å². The highest BCUT2D eigenvalue weighted by Crippen LogP contribution is 2.26. The van der Waals surface area contributed by atoms with Crippen molar-refractivity contribution in [3.63, 3.8) is 0 Å². The molecule has 2 amide bonds. The van der Waals surface area contributed by atoms with E-state index in [1.165, 1.54) is 28.6 Å². The summed E-state index contributed by atoms with van der Waals surface area (Å²) in [4.78, 5) is 25.5. The first-order chi connectivity index (χ1) is 14.7. The number of nitrogens with one attached hydrogen (secondary N) is 2. The predicted molar refractivity (Wildman–Crippen MR) is 121 cm³/mol. The van der Waals surface area contributed by atoms with Crippen molar-refractivity contribution in [2.45, 2.75) is 37.6 Å². The van der Waals surface area contributed by atoms with Crippen LogP contribution in [0.15, 0.2) is 53.4 Å². The fourth-order valence-corrected chi connectivity index (χ4v) is 5.15. The molecular formula is C22H26ClN3O4S. The van der Waals surface area contributed by atoms with Gasteiger partial charge in [0.1, 0.15) is 0 Å². The number of carbonyl (C=O) groups is 2. The molecule has 31 heavy (non-hydrogen) atoms. The SMILES string of the molecule is CC(C)NC(=O)c1ccccc1NC(=O)[C@H]1CCCN(S(=O)(=O)c2ccc(Cl)cc2)C1. The number of sulfonamides is 1. The van der Waals surface area contributed by atoms with E-state index in [9.17, 15) is 18.0 Å². The van der Waals surface area contributed by atoms with Gasteiger partial charge in [0.15, 0.2) is 0 Å². The maximum absolute atomic E-state index is 13.0. The summed E-state index contributed by atoms with van der Waals surface area (Å²) in [6, 6.07) is 12.7. The molecule has 1 atom stereocenters. The fraction of sp³-hybridized carbons (Fsp3) is 0.364. The lowest BCUT2D eigenvalue weighted by Crippen LogP contribution is -2.43. The molecule has 0 bridgehead atoms. The van der Waals surface area contributed by atoms with E-state index >= 15 is 0 Å². The molecule has 2 aromatic rings. The molecule has 7 nitrogen and oxygen atoms in total. The summed E-state index contributed by atoms with van der Waals surface area (Å²) in [5.41, 5.74) is 0.773. The Labute approximate surface area is 187 Å². The number of piperidine rings is 1. The van der Waals surface area contributed by atoms with Crippen molar-refractivity contribution in [3.05, 3.63) is 59.1 Å². The summed E-state index contributed by atoms with van der Waals surface area (Å²) in [5, 5.41) is 6.08. The topological polar surface area (TPSA) is 95.6 Å². The van der Waals surface area contributed by atoms with E-state index in [1.54, 1.807) is 24.3 Å². The van der Waals surface area contributed by atoms with Crippen LogP contribution in [0.3, 0.4) is 0 Å². The second kappa shape index (κ2) is 9.80. The van der Waals surface area contributed by atoms with Crippen LogP contribution in [0.5, 0.6) is 0 Å². The summed E-state index contributed by atoms with van der Waals surface area (Å²) < 4.78 is 27.3. The Bertz CT molecular complexity index is 1050. The van der Waals surface area contributed by atoms with E-state index < -0.39 is 15.9 Å². The van der Waals surface area contributed by atoms with E-state index in [0.29, 0.717) is 35.7 Å². The number of halogens is 1. The van der Waals surface area contributed by atoms with Crippen molar-refractivity contribution < 1.29 is 18.0 Å². The third-order valence-corrected chi connectivity index (χ3v) is 7.19. The number of amides is 2. The molecule has 0 aromatic heterocycles. The third-order valence-electron chi connectivity index (χ3n) is 5.06. The first-order valence-electron chi connectivity index (χ1n) is 10.1. The van der Waals surface area contributed by atoms with Gasteiger partial charge in [-0.3, -0.25) is 9.59 Å². The molecule has 1 saturated heterocycles. The molecular weight excluding hydrogens is 438 g/mol. The second-order valence-corrected chi connectivity index (χ2v) is 10.2. The van der Waals surface area contributed by atoms with Gasteiger partial charge in [-0.25, -0.2) is 8.42 Å². The molecule has 3 rings (SSSR count). The first-order valence-corrected chi connectivity index (χ1v) is 12.0. The molecule has 0 saturated carbocycles. The van der Waals surface area contributed by atoms with Gasteiger partial charge in [0.25, 0.3) is 5.91 Å². The van der Waals surface area contributed by atoms with Crippen LogP contribution < -0.4 is 10.6 Å². The molecule has 2 aromatic carbocycles. The molecule has 0 unspecified atom stereocenters. The Kier molecular flexibility index (Phi) is 7.35. The van der Waals surface area contributed by atoms with Gasteiger partial charge >= 0.3 is 0 Å². The van der Waals surface area contributed by atoms with Gasteiger partial charge in [-0.2, -0.15) is 4.31 Å². The van der Waals surface area contributed by atoms with Crippen LogP contribution in [0.4, 0.5) is 5.69 Å². The van der Waals surface area contributed by atoms with Crippen molar-refractivity contribution in [1.82, 2.24) is 9.62 Å². The summed E-state index contributed by atoms with van der Waals surface area (Å²) >= 11 is 5.86. The van der Waals surface area contributed by atoms with Gasteiger partial charge < -0.3 is 10.6 Å². The zero-order chi connectivity index (χ0) is 22.6. The van der Waals surface area contributed by atoms with E-state index in [0.717, 1.165) is 0 Å². The molecule has 0 radical (unpaired) electrons. The van der Waals surface area contributed by atoms with Crippen molar-refractivity contribution in [3.8, 4) is 0 Å². The lowest BCUT2D eigenvalue weighted by Gasteiger charge is -2.31. The van der Waals surface area contributed by atoms with Crippen molar-refractivity contribution in [2.24, 2.45) is 5.92 Å². The van der Waals surface area contributed by atoms with Gasteiger partial charge in [0, 0.05) is 24.2 Å². The minimum absolute atomic E-state index is 0.0405. The van der Waals surface area contributed by atoms with E-state index in [1.807, 2.05) is 13.8 Å². The normalized spacial score (nSPS) is 17.4. The minimum atomic E-state index is -3.72. The van der Waals surface area contributed by atoms with Gasteiger partial charge in [0.05, 0.1) is 22.1 Å². The highest BCUT2D eigenvalue weighted by atomic mass is 35.5. The van der Waals surface area contributed by atoms with Crippen molar-refractivity contribution in [1.29, 1.82) is 0 Å². The standard InChI is InChI=1S/C22H26ClN3O4S/c1-15(2)24-22(28)19-7-3-4-8-20(19)25-21(27)16-6-5-13-26(14-16)31(29,30)18-11-9-17(23)10-12-18/h3-4,7-12,15-16H,5-6,13-14H2,1-2H3,(H,24,28)(H,25,27)/t16-/m0/s1. The van der Waals surface area contributed by atoms with E-state index in [2.05, 4.69) is 10.6 Å². The molecule has 0 spiro atoms. The maximum Gasteiger partial charge on any atom is 0.253 e. The lowest BCUT2D eigenvalue weighted by atomic mass is 9.98. The number of hydrogen-bond acceptors (Lipinski definition) is 4. The Morgan fingerprint density at radius 1 is 1.10 bits per heavy atom. The Balaban J connectivity index is 1.74. The highest BCUT2D eigenvalue weighted by molar-refractivity contribution is 7.89. The van der Waals surface area contributed by atoms with Crippen LogP contribution in [-0.2, 0) is 14.8 Å². The predicted octanol–water partition coefficient (Wildman–Crippen LogP) is 3.52. The smallest absolute Gasteiger partial charge is 0.253 e. The summed E-state index contributed by atoms with van der Waals surface area (Å²) in [7, 11) is -3.72. The average molecular weight is 464 g/mol. The second-order valence-electron chi connectivity index (χ2n) is 7.82. The minimum Gasteiger partial charge on any atom is -0.350 e. The zero-order valence-corrected chi connectivity index (χ0v) is 19.0. The summed E-state index contributed by atoms with van der Waals surface area (Å²) in [6.07, 6.45) is 1.14. The number of nitrogens with zero attached hydrogens (tertiary/aromatic N) is 1. The molecule has 166 valence electrons. The van der Waals surface area contributed by atoms with Crippen LogP contribution in [-0.4, -0.2) is 43.7 Å². The quantitative estimate of drug-likeness (QED) is 0.685. The third kappa shape index (κ3) is 5.64. The van der Waals surface area contributed by atoms with Gasteiger partial charge in [0.2, 0.25) is 15.9 Å². The number of carbonyl (C=O) groups excluding carboxylic acids is 2. The fourth-order valence-electron chi connectivity index (χ4n) is 3.50. The van der Waals surface area contributed by atoms with Crippen molar-refractivity contribution in [2.75, 3.05) is 18.4 Å². The Hall–Kier alpha value is -2.42. The van der Waals surface area contributed by atoms with E-state index in [4.69, 9.17) is 11.6 Å². The molecule has 0 aliphatic carbocycles. The van der Waals surface area contributed by atoms with Crippen LogP contribution in [0, 0.1) is 5.92 Å². The Morgan fingerprint density at radius 3 is 2.45 bits per heavy atom. The molecule has 9 heteroatoms. The first kappa shape index (κ1) is 23.2. The maximum atomic E-state index is 13.0. The summed E-state index contributed by atoms with van der Waals surface area (Å²) in [5.74, 6) is -1.10. The van der Waals surface area contributed by atoms with Crippen LogP contribution in [0.2, 0.25) is 5.02 Å². The monoisotopic (exact) mass is 463 g/mol.